The summed E-state index contributed by atoms with van der Waals surface area (Å²) in [5.74, 6) is -0.512. The van der Waals surface area contributed by atoms with Crippen LogP contribution in [0.2, 0.25) is 0 Å². The first-order valence-electron chi connectivity index (χ1n) is 8.47. The van der Waals surface area contributed by atoms with E-state index in [-0.39, 0.29) is 23.7 Å². The third kappa shape index (κ3) is 3.26. The fourth-order valence-electron chi connectivity index (χ4n) is 3.02. The Morgan fingerprint density at radius 3 is 2.70 bits per heavy atom. The molecule has 7 nitrogen and oxygen atoms in total. The molecule has 3 aromatic rings. The molecule has 1 aliphatic rings. The van der Waals surface area contributed by atoms with Crippen molar-refractivity contribution in [2.45, 2.75) is 38.4 Å². The van der Waals surface area contributed by atoms with Gasteiger partial charge in [0.25, 0.3) is 5.91 Å². The van der Waals surface area contributed by atoms with Crippen molar-refractivity contribution in [2.24, 2.45) is 7.05 Å². The minimum Gasteiger partial charge on any atom is -0.348 e. The van der Waals surface area contributed by atoms with E-state index in [1.165, 1.54) is 0 Å². The number of carbonyl (C=O) groups excluding carboxylic acids is 1. The summed E-state index contributed by atoms with van der Waals surface area (Å²) >= 11 is 0. The number of hydrogen-bond acceptors (Lipinski definition) is 4. The van der Waals surface area contributed by atoms with Crippen LogP contribution in [0, 0.1) is 6.92 Å². The number of alkyl halides is 3. The van der Waals surface area contributed by atoms with E-state index < -0.39 is 17.8 Å². The van der Waals surface area contributed by atoms with Crippen molar-refractivity contribution in [3.8, 4) is 0 Å². The lowest BCUT2D eigenvalue weighted by Crippen LogP contribution is -2.23. The van der Waals surface area contributed by atoms with Crippen LogP contribution >= 0.6 is 0 Å². The van der Waals surface area contributed by atoms with Gasteiger partial charge in [0.2, 0.25) is 0 Å². The predicted molar refractivity (Wildman–Crippen MR) is 89.1 cm³/mol. The first-order valence-corrected chi connectivity index (χ1v) is 8.47. The lowest BCUT2D eigenvalue weighted by Gasteiger charge is -2.11. The monoisotopic (exact) mass is 378 g/mol. The third-order valence-corrected chi connectivity index (χ3v) is 4.58. The number of amides is 1. The van der Waals surface area contributed by atoms with Gasteiger partial charge in [-0.1, -0.05) is 0 Å². The second kappa shape index (κ2) is 6.07. The van der Waals surface area contributed by atoms with E-state index in [0.29, 0.717) is 10.2 Å². The summed E-state index contributed by atoms with van der Waals surface area (Å²) in [6.07, 6.45) is -0.0825. The van der Waals surface area contributed by atoms with Crippen molar-refractivity contribution in [3.05, 3.63) is 46.7 Å². The van der Waals surface area contributed by atoms with Crippen LogP contribution in [0.15, 0.2) is 18.5 Å². The summed E-state index contributed by atoms with van der Waals surface area (Å²) in [6.45, 7) is 2.03. The summed E-state index contributed by atoms with van der Waals surface area (Å²) in [7, 11) is 1.77. The number of aryl methyl sites for hydroxylation is 2. The van der Waals surface area contributed by atoms with Crippen molar-refractivity contribution in [2.75, 3.05) is 0 Å². The topological polar surface area (TPSA) is 77.1 Å². The molecular formula is C17H17F3N6O. The molecule has 0 atom stereocenters. The molecule has 1 fully saturated rings. The van der Waals surface area contributed by atoms with Crippen LogP contribution in [-0.4, -0.2) is 30.3 Å². The molecule has 1 saturated carbocycles. The Bertz CT molecular complexity index is 1030. The maximum absolute atomic E-state index is 13.4. The molecule has 142 valence electrons. The smallest absolute Gasteiger partial charge is 0.348 e. The number of halogens is 3. The van der Waals surface area contributed by atoms with Gasteiger partial charge in [0, 0.05) is 37.0 Å². The fourth-order valence-corrected chi connectivity index (χ4v) is 3.02. The van der Waals surface area contributed by atoms with Crippen molar-refractivity contribution in [3.63, 3.8) is 0 Å². The molecule has 3 heterocycles. The molecule has 0 unspecified atom stereocenters. The lowest BCUT2D eigenvalue weighted by atomic mass is 10.2. The molecule has 1 amide bonds. The number of nitrogens with one attached hydrogen (secondary N) is 1. The predicted octanol–water partition coefficient (Wildman–Crippen LogP) is 2.60. The van der Waals surface area contributed by atoms with Gasteiger partial charge in [0.1, 0.15) is 11.3 Å². The van der Waals surface area contributed by atoms with E-state index in [1.54, 1.807) is 17.9 Å². The van der Waals surface area contributed by atoms with Gasteiger partial charge in [-0.2, -0.15) is 23.4 Å². The molecule has 3 aromatic heterocycles. The Labute approximate surface area is 152 Å². The van der Waals surface area contributed by atoms with Crippen LogP contribution in [0.25, 0.3) is 5.65 Å². The number of nitrogens with zero attached hydrogens (tertiary/aromatic N) is 5. The van der Waals surface area contributed by atoms with Crippen LogP contribution in [0.5, 0.6) is 0 Å². The van der Waals surface area contributed by atoms with E-state index >= 15 is 0 Å². The molecule has 1 aliphatic carbocycles. The van der Waals surface area contributed by atoms with Crippen LogP contribution < -0.4 is 5.32 Å². The molecule has 27 heavy (non-hydrogen) atoms. The summed E-state index contributed by atoms with van der Waals surface area (Å²) in [4.78, 5) is 16.8. The molecule has 0 saturated heterocycles. The highest BCUT2D eigenvalue weighted by atomic mass is 19.4. The Hall–Kier alpha value is -2.91. The van der Waals surface area contributed by atoms with Gasteiger partial charge in [0.05, 0.1) is 11.9 Å². The Kier molecular flexibility index (Phi) is 3.93. The second-order valence-corrected chi connectivity index (χ2v) is 6.73. The van der Waals surface area contributed by atoms with E-state index in [1.807, 2.05) is 6.92 Å². The maximum Gasteiger partial charge on any atom is 0.433 e. The SMILES string of the molecule is Cc1nn(C)cc1CNC(=O)c1cnn2c(C(F)(F)F)cc(C3CC3)nc12. The number of fused-ring (bicyclic) bond motifs is 1. The fraction of sp³-hybridized carbons (Fsp3) is 0.412. The molecule has 0 aromatic carbocycles. The zero-order valence-corrected chi connectivity index (χ0v) is 14.7. The van der Waals surface area contributed by atoms with Gasteiger partial charge in [-0.05, 0) is 25.8 Å². The first kappa shape index (κ1) is 17.5. The van der Waals surface area contributed by atoms with E-state index in [2.05, 4.69) is 20.5 Å². The van der Waals surface area contributed by atoms with Gasteiger partial charge in [-0.3, -0.25) is 9.48 Å². The zero-order chi connectivity index (χ0) is 19.3. The van der Waals surface area contributed by atoms with Gasteiger partial charge < -0.3 is 5.32 Å². The van der Waals surface area contributed by atoms with E-state index in [9.17, 15) is 18.0 Å². The van der Waals surface area contributed by atoms with Crippen molar-refractivity contribution in [1.29, 1.82) is 0 Å². The van der Waals surface area contributed by atoms with E-state index in [4.69, 9.17) is 0 Å². The minimum atomic E-state index is -4.59. The van der Waals surface area contributed by atoms with Crippen molar-refractivity contribution in [1.82, 2.24) is 29.7 Å². The molecule has 0 aliphatic heterocycles. The highest BCUT2D eigenvalue weighted by molar-refractivity contribution is 5.99. The highest BCUT2D eigenvalue weighted by Crippen LogP contribution is 2.41. The third-order valence-electron chi connectivity index (χ3n) is 4.58. The summed E-state index contributed by atoms with van der Waals surface area (Å²) in [5, 5.41) is 10.7. The van der Waals surface area contributed by atoms with E-state index in [0.717, 1.165) is 36.4 Å². The molecule has 0 bridgehead atoms. The van der Waals surface area contributed by atoms with Crippen molar-refractivity contribution < 1.29 is 18.0 Å². The van der Waals surface area contributed by atoms with Crippen molar-refractivity contribution >= 4 is 11.6 Å². The maximum atomic E-state index is 13.4. The van der Waals surface area contributed by atoms with Crippen LogP contribution in [0.4, 0.5) is 13.2 Å². The molecular weight excluding hydrogens is 361 g/mol. The number of aromatic nitrogens is 5. The van der Waals surface area contributed by atoms with Crippen LogP contribution in [0.3, 0.4) is 0 Å². The number of carbonyl (C=O) groups is 1. The Balaban J connectivity index is 1.68. The quantitative estimate of drug-likeness (QED) is 0.757. The highest BCUT2D eigenvalue weighted by Gasteiger charge is 2.37. The van der Waals surface area contributed by atoms with Gasteiger partial charge >= 0.3 is 6.18 Å². The zero-order valence-electron chi connectivity index (χ0n) is 14.7. The summed E-state index contributed by atoms with van der Waals surface area (Å²) < 4.78 is 42.5. The van der Waals surface area contributed by atoms with Crippen LogP contribution in [-0.2, 0) is 19.8 Å². The lowest BCUT2D eigenvalue weighted by molar-refractivity contribution is -0.142. The van der Waals surface area contributed by atoms with Gasteiger partial charge in [-0.25, -0.2) is 9.50 Å². The summed E-state index contributed by atoms with van der Waals surface area (Å²) in [6, 6.07) is 1.03. The average molecular weight is 378 g/mol. The molecule has 0 radical (unpaired) electrons. The second-order valence-electron chi connectivity index (χ2n) is 6.73. The normalized spacial score (nSPS) is 14.7. The minimum absolute atomic E-state index is 0.0138. The molecule has 1 N–H and O–H groups in total. The average Bonchev–Trinajstić information content (AvgIpc) is 3.27. The molecule has 10 heteroatoms. The molecule has 4 rings (SSSR count). The van der Waals surface area contributed by atoms with Gasteiger partial charge in [0.15, 0.2) is 5.65 Å². The summed E-state index contributed by atoms with van der Waals surface area (Å²) in [5.41, 5.74) is 0.969. The van der Waals surface area contributed by atoms with Crippen LogP contribution in [0.1, 0.15) is 51.8 Å². The number of rotatable bonds is 4. The first-order chi connectivity index (χ1) is 12.7. The Morgan fingerprint density at radius 2 is 2.11 bits per heavy atom. The standard InChI is InChI=1S/C17H17F3N6O/c1-9-11(8-25(2)24-9)6-21-16(27)12-7-22-26-14(17(18,19)20)5-13(10-3-4-10)23-15(12)26/h5,7-8,10H,3-4,6H2,1-2H3,(H,21,27). The largest absolute Gasteiger partial charge is 0.433 e. The van der Waals surface area contributed by atoms with Gasteiger partial charge in [-0.15, -0.1) is 0 Å². The Morgan fingerprint density at radius 1 is 1.37 bits per heavy atom. The molecule has 0 spiro atoms. The number of hydrogen-bond donors (Lipinski definition) is 1.